The lowest BCUT2D eigenvalue weighted by molar-refractivity contribution is -0.134. The number of rotatable bonds is 4. The largest absolute Gasteiger partial charge is 0.284 e. The Morgan fingerprint density at radius 2 is 1.77 bits per heavy atom. The zero-order valence-corrected chi connectivity index (χ0v) is 16.0. The van der Waals surface area contributed by atoms with Crippen molar-refractivity contribution < 1.29 is 9.18 Å². The Bertz CT molecular complexity index is 646. The summed E-state index contributed by atoms with van der Waals surface area (Å²) in [4.78, 5) is 14.7. The van der Waals surface area contributed by atoms with E-state index in [0.29, 0.717) is 24.9 Å². The van der Waals surface area contributed by atoms with Gasteiger partial charge < -0.3 is 0 Å². The van der Waals surface area contributed by atoms with Crippen LogP contribution in [0.4, 0.5) is 4.39 Å². The first kappa shape index (κ1) is 19.0. The van der Waals surface area contributed by atoms with Crippen molar-refractivity contribution in [3.8, 4) is 0 Å². The predicted octanol–water partition coefficient (Wildman–Crippen LogP) is 4.40. The van der Waals surface area contributed by atoms with Crippen molar-refractivity contribution in [1.29, 1.82) is 0 Å². The molecule has 0 N–H and O–H groups in total. The van der Waals surface area contributed by atoms with Gasteiger partial charge in [-0.1, -0.05) is 32.4 Å². The first-order chi connectivity index (χ1) is 12.5. The summed E-state index contributed by atoms with van der Waals surface area (Å²) < 4.78 is 13.1. The quantitative estimate of drug-likeness (QED) is 0.799. The zero-order valence-electron chi connectivity index (χ0n) is 16.0. The SMILES string of the molecule is CCC1(C)CCCN(CN2N=C(c3ccc(F)cc3)CCC2=O)CCC1. The second-order valence-corrected chi connectivity index (χ2v) is 7.98. The molecule has 26 heavy (non-hydrogen) atoms. The minimum Gasteiger partial charge on any atom is -0.284 e. The topological polar surface area (TPSA) is 35.9 Å². The molecule has 1 aromatic carbocycles. The summed E-state index contributed by atoms with van der Waals surface area (Å²) in [6, 6.07) is 6.37. The molecule has 2 aliphatic rings. The summed E-state index contributed by atoms with van der Waals surface area (Å²) in [6.07, 6.45) is 7.16. The molecule has 0 unspecified atom stereocenters. The third-order valence-electron chi connectivity index (χ3n) is 5.98. The number of carbonyl (C=O) groups excluding carboxylic acids is 1. The van der Waals surface area contributed by atoms with Crippen molar-refractivity contribution in [1.82, 2.24) is 9.91 Å². The molecule has 4 nitrogen and oxygen atoms in total. The van der Waals surface area contributed by atoms with Crippen molar-refractivity contribution in [3.63, 3.8) is 0 Å². The van der Waals surface area contributed by atoms with Gasteiger partial charge in [0.2, 0.25) is 5.91 Å². The summed E-state index contributed by atoms with van der Waals surface area (Å²) in [5.74, 6) is -0.172. The number of halogens is 1. The van der Waals surface area contributed by atoms with E-state index >= 15 is 0 Å². The molecule has 142 valence electrons. The Kier molecular flexibility index (Phi) is 6.07. The Labute approximate surface area is 156 Å². The molecule has 0 aliphatic carbocycles. The Hall–Kier alpha value is -1.75. The van der Waals surface area contributed by atoms with Crippen LogP contribution in [-0.2, 0) is 4.79 Å². The van der Waals surface area contributed by atoms with Gasteiger partial charge in [0.05, 0.1) is 12.4 Å². The van der Waals surface area contributed by atoms with Crippen LogP contribution >= 0.6 is 0 Å². The molecule has 1 aromatic rings. The first-order valence-corrected chi connectivity index (χ1v) is 9.85. The van der Waals surface area contributed by atoms with Crippen LogP contribution in [0.25, 0.3) is 0 Å². The van der Waals surface area contributed by atoms with Crippen LogP contribution in [-0.4, -0.2) is 41.3 Å². The monoisotopic (exact) mass is 359 g/mol. The van der Waals surface area contributed by atoms with Crippen molar-refractivity contribution in [3.05, 3.63) is 35.6 Å². The molecule has 1 fully saturated rings. The molecule has 0 radical (unpaired) electrons. The fraction of sp³-hybridized carbons (Fsp3) is 0.619. The second kappa shape index (κ2) is 8.30. The normalized spacial score (nSPS) is 21.9. The fourth-order valence-corrected chi connectivity index (χ4v) is 3.94. The van der Waals surface area contributed by atoms with E-state index in [4.69, 9.17) is 0 Å². The molecule has 0 aromatic heterocycles. The number of carbonyl (C=O) groups is 1. The van der Waals surface area contributed by atoms with E-state index in [-0.39, 0.29) is 11.7 Å². The summed E-state index contributed by atoms with van der Waals surface area (Å²) in [7, 11) is 0. The maximum atomic E-state index is 13.1. The number of hydrogen-bond donors (Lipinski definition) is 0. The van der Waals surface area contributed by atoms with Crippen LogP contribution in [0.3, 0.4) is 0 Å². The third-order valence-corrected chi connectivity index (χ3v) is 5.98. The molecule has 0 saturated carbocycles. The average Bonchev–Trinajstić information content (AvgIpc) is 2.62. The molecular formula is C21H30FN3O. The fourth-order valence-electron chi connectivity index (χ4n) is 3.94. The van der Waals surface area contributed by atoms with E-state index in [9.17, 15) is 9.18 Å². The first-order valence-electron chi connectivity index (χ1n) is 9.85. The Balaban J connectivity index is 1.65. The number of hydrazone groups is 1. The average molecular weight is 359 g/mol. The minimum absolute atomic E-state index is 0.0799. The number of likely N-dealkylation sites (tertiary alicyclic amines) is 1. The van der Waals surface area contributed by atoms with Crippen LogP contribution in [0.1, 0.15) is 64.4 Å². The molecule has 5 heteroatoms. The van der Waals surface area contributed by atoms with Crippen LogP contribution < -0.4 is 0 Å². The van der Waals surface area contributed by atoms with Crippen molar-refractivity contribution in [2.45, 2.75) is 58.8 Å². The predicted molar refractivity (Wildman–Crippen MR) is 102 cm³/mol. The highest BCUT2D eigenvalue weighted by Gasteiger charge is 2.27. The highest BCUT2D eigenvalue weighted by Crippen LogP contribution is 2.34. The summed E-state index contributed by atoms with van der Waals surface area (Å²) in [6.45, 7) is 7.28. The van der Waals surface area contributed by atoms with E-state index in [2.05, 4.69) is 23.8 Å². The van der Waals surface area contributed by atoms with Gasteiger partial charge in [0.25, 0.3) is 0 Å². The van der Waals surface area contributed by atoms with Crippen LogP contribution in [0.5, 0.6) is 0 Å². The van der Waals surface area contributed by atoms with E-state index in [1.807, 2.05) is 0 Å². The van der Waals surface area contributed by atoms with Gasteiger partial charge >= 0.3 is 0 Å². The molecule has 3 rings (SSSR count). The molecule has 0 spiro atoms. The molecular weight excluding hydrogens is 329 g/mol. The van der Waals surface area contributed by atoms with Crippen LogP contribution in [0.15, 0.2) is 29.4 Å². The Morgan fingerprint density at radius 3 is 2.38 bits per heavy atom. The summed E-state index contributed by atoms with van der Waals surface area (Å²) >= 11 is 0. The van der Waals surface area contributed by atoms with Crippen molar-refractivity contribution in [2.24, 2.45) is 10.5 Å². The van der Waals surface area contributed by atoms with Gasteiger partial charge in [0.15, 0.2) is 0 Å². The van der Waals surface area contributed by atoms with Gasteiger partial charge in [-0.2, -0.15) is 5.10 Å². The zero-order chi connectivity index (χ0) is 18.6. The molecule has 1 saturated heterocycles. The Morgan fingerprint density at radius 1 is 1.12 bits per heavy atom. The lowest BCUT2D eigenvalue weighted by atomic mass is 9.78. The molecule has 0 bridgehead atoms. The van der Waals surface area contributed by atoms with Gasteiger partial charge in [0.1, 0.15) is 5.82 Å². The van der Waals surface area contributed by atoms with E-state index in [0.717, 1.165) is 24.4 Å². The standard InChI is InChI=1S/C21H30FN3O/c1-3-21(2)12-4-14-24(15-5-13-21)16-25-20(26)11-10-19(23-25)17-6-8-18(22)9-7-17/h6-9H,3-5,10-16H2,1-2H3. The number of benzene rings is 1. The summed E-state index contributed by atoms with van der Waals surface area (Å²) in [5, 5.41) is 6.21. The van der Waals surface area contributed by atoms with E-state index < -0.39 is 0 Å². The minimum atomic E-state index is -0.252. The van der Waals surface area contributed by atoms with Gasteiger partial charge in [-0.3, -0.25) is 9.69 Å². The molecule has 2 aliphatic heterocycles. The van der Waals surface area contributed by atoms with Crippen LogP contribution in [0.2, 0.25) is 0 Å². The smallest absolute Gasteiger partial charge is 0.244 e. The highest BCUT2D eigenvalue weighted by atomic mass is 19.1. The maximum absolute atomic E-state index is 13.1. The lowest BCUT2D eigenvalue weighted by Gasteiger charge is -2.36. The van der Waals surface area contributed by atoms with Gasteiger partial charge in [0, 0.05) is 12.8 Å². The number of hydrogen-bond acceptors (Lipinski definition) is 3. The molecule has 0 atom stereocenters. The third kappa shape index (κ3) is 4.70. The van der Waals surface area contributed by atoms with Crippen molar-refractivity contribution in [2.75, 3.05) is 19.8 Å². The second-order valence-electron chi connectivity index (χ2n) is 7.98. The highest BCUT2D eigenvalue weighted by molar-refractivity contribution is 6.04. The maximum Gasteiger partial charge on any atom is 0.244 e. The summed E-state index contributed by atoms with van der Waals surface area (Å²) in [5.41, 5.74) is 2.24. The molecule has 2 heterocycles. The number of nitrogens with zero attached hydrogens (tertiary/aromatic N) is 3. The van der Waals surface area contributed by atoms with E-state index in [1.165, 1.54) is 44.2 Å². The van der Waals surface area contributed by atoms with Crippen LogP contribution in [0, 0.1) is 11.2 Å². The van der Waals surface area contributed by atoms with E-state index in [1.54, 1.807) is 17.1 Å². The number of amides is 1. The lowest BCUT2D eigenvalue weighted by Crippen LogP contribution is -2.43. The molecule has 1 amide bonds. The van der Waals surface area contributed by atoms with Gasteiger partial charge in [-0.15, -0.1) is 0 Å². The van der Waals surface area contributed by atoms with Crippen molar-refractivity contribution >= 4 is 11.6 Å². The van der Waals surface area contributed by atoms with Gasteiger partial charge in [-0.05, 0) is 61.9 Å². The van der Waals surface area contributed by atoms with Gasteiger partial charge in [-0.25, -0.2) is 9.40 Å².